The standard InChI is InChI=1S/C22H34BrNO3/c1-3-4-5-6-7-8-9-10-11-12-16-27-21(25)18-24(2)22(26)19-14-13-15-20(23)17-19/h13-15,17H,3-12,16,18H2,1-2H3. The number of amides is 1. The van der Waals surface area contributed by atoms with Crippen molar-refractivity contribution >= 4 is 27.8 Å². The van der Waals surface area contributed by atoms with E-state index in [1.165, 1.54) is 56.3 Å². The Morgan fingerprint density at radius 3 is 2.15 bits per heavy atom. The molecule has 0 aliphatic rings. The van der Waals surface area contributed by atoms with Gasteiger partial charge in [0.1, 0.15) is 6.54 Å². The van der Waals surface area contributed by atoms with Gasteiger partial charge in [0.2, 0.25) is 0 Å². The number of hydrogen-bond donors (Lipinski definition) is 0. The molecule has 1 aromatic rings. The van der Waals surface area contributed by atoms with Crippen molar-refractivity contribution in [1.82, 2.24) is 4.90 Å². The van der Waals surface area contributed by atoms with Crippen molar-refractivity contribution in [2.75, 3.05) is 20.2 Å². The Hall–Kier alpha value is -1.36. The van der Waals surface area contributed by atoms with Crippen molar-refractivity contribution < 1.29 is 14.3 Å². The Kier molecular flexibility index (Phi) is 12.9. The summed E-state index contributed by atoms with van der Waals surface area (Å²) >= 11 is 3.35. The monoisotopic (exact) mass is 439 g/mol. The summed E-state index contributed by atoms with van der Waals surface area (Å²) in [6.07, 6.45) is 12.5. The second kappa shape index (κ2) is 14.7. The Bertz CT molecular complexity index is 562. The molecule has 0 saturated carbocycles. The van der Waals surface area contributed by atoms with Crippen molar-refractivity contribution in [3.63, 3.8) is 0 Å². The molecule has 0 spiro atoms. The minimum atomic E-state index is -0.350. The van der Waals surface area contributed by atoms with Gasteiger partial charge in [-0.3, -0.25) is 9.59 Å². The Balaban J connectivity index is 2.06. The van der Waals surface area contributed by atoms with Gasteiger partial charge in [-0.05, 0) is 24.6 Å². The molecule has 0 fully saturated rings. The summed E-state index contributed by atoms with van der Waals surface area (Å²) in [7, 11) is 1.62. The predicted octanol–water partition coefficient (Wildman–Crippen LogP) is 5.99. The van der Waals surface area contributed by atoms with Crippen LogP contribution in [0.4, 0.5) is 0 Å². The number of carbonyl (C=O) groups excluding carboxylic acids is 2. The van der Waals surface area contributed by atoms with Crippen LogP contribution >= 0.6 is 15.9 Å². The largest absolute Gasteiger partial charge is 0.464 e. The number of nitrogens with zero attached hydrogens (tertiary/aromatic N) is 1. The van der Waals surface area contributed by atoms with Crippen LogP contribution in [-0.4, -0.2) is 37.0 Å². The maximum Gasteiger partial charge on any atom is 0.325 e. The maximum absolute atomic E-state index is 12.3. The van der Waals surface area contributed by atoms with Crippen LogP contribution in [-0.2, 0) is 9.53 Å². The summed E-state index contributed by atoms with van der Waals surface area (Å²) in [5, 5.41) is 0. The second-order valence-electron chi connectivity index (χ2n) is 7.07. The van der Waals surface area contributed by atoms with Gasteiger partial charge in [0.25, 0.3) is 5.91 Å². The topological polar surface area (TPSA) is 46.6 Å². The fourth-order valence-electron chi connectivity index (χ4n) is 2.93. The van der Waals surface area contributed by atoms with Crippen LogP contribution in [0.1, 0.15) is 81.5 Å². The highest BCUT2D eigenvalue weighted by molar-refractivity contribution is 9.10. The molecule has 0 heterocycles. The third-order valence-corrected chi connectivity index (χ3v) is 5.04. The van der Waals surface area contributed by atoms with Gasteiger partial charge >= 0.3 is 5.97 Å². The first kappa shape index (κ1) is 23.7. The van der Waals surface area contributed by atoms with Crippen molar-refractivity contribution in [3.05, 3.63) is 34.3 Å². The summed E-state index contributed by atoms with van der Waals surface area (Å²) in [4.78, 5) is 25.6. The lowest BCUT2D eigenvalue weighted by Gasteiger charge is -2.16. The van der Waals surface area contributed by atoms with Gasteiger partial charge < -0.3 is 9.64 Å². The summed E-state index contributed by atoms with van der Waals surface area (Å²) in [6, 6.07) is 7.14. The summed E-state index contributed by atoms with van der Waals surface area (Å²) in [5.41, 5.74) is 0.550. The lowest BCUT2D eigenvalue weighted by molar-refractivity contribution is -0.144. The van der Waals surface area contributed by atoms with Crippen molar-refractivity contribution in [3.8, 4) is 0 Å². The van der Waals surface area contributed by atoms with E-state index in [9.17, 15) is 9.59 Å². The van der Waals surface area contributed by atoms with Crippen LogP contribution in [0.2, 0.25) is 0 Å². The van der Waals surface area contributed by atoms with Gasteiger partial charge in [0.05, 0.1) is 6.61 Å². The molecule has 5 heteroatoms. The highest BCUT2D eigenvalue weighted by atomic mass is 79.9. The van der Waals surface area contributed by atoms with E-state index < -0.39 is 0 Å². The highest BCUT2D eigenvalue weighted by Crippen LogP contribution is 2.13. The van der Waals surface area contributed by atoms with Crippen LogP contribution in [0, 0.1) is 0 Å². The maximum atomic E-state index is 12.3. The number of likely N-dealkylation sites (N-methyl/N-ethyl adjacent to an activating group) is 1. The zero-order valence-electron chi connectivity index (χ0n) is 16.8. The van der Waals surface area contributed by atoms with E-state index in [0.29, 0.717) is 12.2 Å². The average Bonchev–Trinajstić information content (AvgIpc) is 2.65. The molecule has 0 aliphatic heterocycles. The molecular weight excluding hydrogens is 406 g/mol. The molecule has 1 rings (SSSR count). The molecule has 0 bridgehead atoms. The number of hydrogen-bond acceptors (Lipinski definition) is 3. The van der Waals surface area contributed by atoms with Gasteiger partial charge in [0.15, 0.2) is 0 Å². The van der Waals surface area contributed by atoms with Crippen molar-refractivity contribution in [2.24, 2.45) is 0 Å². The van der Waals surface area contributed by atoms with Crippen LogP contribution in [0.25, 0.3) is 0 Å². The van der Waals surface area contributed by atoms with Gasteiger partial charge in [-0.15, -0.1) is 0 Å². The number of halogens is 1. The minimum absolute atomic E-state index is 0.0247. The number of carbonyl (C=O) groups is 2. The van der Waals surface area contributed by atoms with E-state index >= 15 is 0 Å². The van der Waals surface area contributed by atoms with E-state index in [4.69, 9.17) is 4.74 Å². The zero-order chi connectivity index (χ0) is 19.9. The summed E-state index contributed by atoms with van der Waals surface area (Å²) in [5.74, 6) is -0.538. The highest BCUT2D eigenvalue weighted by Gasteiger charge is 2.15. The number of ether oxygens (including phenoxy) is 1. The van der Waals surface area contributed by atoms with E-state index in [1.807, 2.05) is 6.07 Å². The fraction of sp³-hybridized carbons (Fsp3) is 0.636. The molecule has 4 nitrogen and oxygen atoms in total. The normalized spacial score (nSPS) is 10.6. The molecule has 0 radical (unpaired) electrons. The van der Waals surface area contributed by atoms with Gasteiger partial charge in [-0.2, -0.15) is 0 Å². The van der Waals surface area contributed by atoms with E-state index in [-0.39, 0.29) is 18.4 Å². The number of unbranched alkanes of at least 4 members (excludes halogenated alkanes) is 9. The molecular formula is C22H34BrNO3. The number of benzene rings is 1. The summed E-state index contributed by atoms with van der Waals surface area (Å²) < 4.78 is 6.09. The lowest BCUT2D eigenvalue weighted by atomic mass is 10.1. The fourth-order valence-corrected chi connectivity index (χ4v) is 3.33. The van der Waals surface area contributed by atoms with Gasteiger partial charge in [-0.25, -0.2) is 0 Å². The Morgan fingerprint density at radius 2 is 1.56 bits per heavy atom. The Morgan fingerprint density at radius 1 is 0.963 bits per heavy atom. The smallest absolute Gasteiger partial charge is 0.325 e. The first-order chi connectivity index (χ1) is 13.0. The van der Waals surface area contributed by atoms with E-state index in [1.54, 1.807) is 25.2 Å². The van der Waals surface area contributed by atoms with Crippen LogP contribution in [0.15, 0.2) is 28.7 Å². The molecule has 0 N–H and O–H groups in total. The second-order valence-corrected chi connectivity index (χ2v) is 7.99. The molecule has 0 aliphatic carbocycles. The SMILES string of the molecule is CCCCCCCCCCCCOC(=O)CN(C)C(=O)c1cccc(Br)c1. The molecule has 0 aromatic heterocycles. The average molecular weight is 440 g/mol. The zero-order valence-corrected chi connectivity index (χ0v) is 18.4. The molecule has 1 amide bonds. The third kappa shape index (κ3) is 11.2. The van der Waals surface area contributed by atoms with Crippen LogP contribution in [0.5, 0.6) is 0 Å². The lowest BCUT2D eigenvalue weighted by Crippen LogP contribution is -2.33. The third-order valence-electron chi connectivity index (χ3n) is 4.55. The Labute approximate surface area is 172 Å². The molecule has 1 aromatic carbocycles. The van der Waals surface area contributed by atoms with Gasteiger partial charge in [-0.1, -0.05) is 86.7 Å². The van der Waals surface area contributed by atoms with Crippen LogP contribution in [0.3, 0.4) is 0 Å². The molecule has 152 valence electrons. The molecule has 0 unspecified atom stereocenters. The summed E-state index contributed by atoms with van der Waals surface area (Å²) in [6.45, 7) is 2.66. The predicted molar refractivity (Wildman–Crippen MR) is 114 cm³/mol. The number of esters is 1. The number of rotatable bonds is 14. The first-order valence-electron chi connectivity index (χ1n) is 10.2. The van der Waals surface area contributed by atoms with E-state index in [0.717, 1.165) is 17.3 Å². The van der Waals surface area contributed by atoms with Gasteiger partial charge in [0, 0.05) is 17.1 Å². The molecule has 27 heavy (non-hydrogen) atoms. The van der Waals surface area contributed by atoms with E-state index in [2.05, 4.69) is 22.9 Å². The molecule has 0 atom stereocenters. The van der Waals surface area contributed by atoms with Crippen molar-refractivity contribution in [1.29, 1.82) is 0 Å². The first-order valence-corrected chi connectivity index (χ1v) is 11.0. The minimum Gasteiger partial charge on any atom is -0.464 e. The van der Waals surface area contributed by atoms with Crippen molar-refractivity contribution in [2.45, 2.75) is 71.1 Å². The van der Waals surface area contributed by atoms with Crippen LogP contribution < -0.4 is 0 Å². The molecule has 0 saturated heterocycles. The quantitative estimate of drug-likeness (QED) is 0.264.